The number of hydrazone groups is 1. The summed E-state index contributed by atoms with van der Waals surface area (Å²) in [5.74, 6) is 0.758. The van der Waals surface area contributed by atoms with Gasteiger partial charge in [-0.25, -0.2) is 5.43 Å². The molecule has 0 aliphatic carbocycles. The van der Waals surface area contributed by atoms with Gasteiger partial charge in [0.2, 0.25) is 0 Å². The minimum Gasteiger partial charge on any atom is -0.490 e. The van der Waals surface area contributed by atoms with Gasteiger partial charge in [-0.3, -0.25) is 4.79 Å². The van der Waals surface area contributed by atoms with Crippen LogP contribution in [0.4, 0.5) is 0 Å². The number of ether oxygens (including phenoxy) is 2. The highest BCUT2D eigenvalue weighted by atomic mass is 79.9. The number of rotatable bonds is 8. The maximum atomic E-state index is 12.4. The predicted molar refractivity (Wildman–Crippen MR) is 132 cm³/mol. The Labute approximate surface area is 204 Å². The summed E-state index contributed by atoms with van der Waals surface area (Å²) in [7, 11) is 0. The topological polar surface area (TPSA) is 96.8 Å². The van der Waals surface area contributed by atoms with Gasteiger partial charge in [-0.05, 0) is 53.2 Å². The zero-order chi connectivity index (χ0) is 23.9. The van der Waals surface area contributed by atoms with Crippen LogP contribution in [0.2, 0.25) is 0 Å². The van der Waals surface area contributed by atoms with Crippen molar-refractivity contribution >= 4 is 39.0 Å². The number of nitrogens with zero attached hydrogens (tertiary/aromatic N) is 2. The molecule has 0 radical (unpaired) electrons. The summed E-state index contributed by atoms with van der Waals surface area (Å²) >= 11 is 3.51. The highest BCUT2D eigenvalue weighted by Crippen LogP contribution is 2.34. The van der Waals surface area contributed by atoms with Crippen molar-refractivity contribution in [3.05, 3.63) is 93.7 Å². The second kappa shape index (κ2) is 10.7. The Morgan fingerprint density at radius 2 is 1.88 bits per heavy atom. The summed E-state index contributed by atoms with van der Waals surface area (Å²) in [6.07, 6.45) is 1.50. The summed E-state index contributed by atoms with van der Waals surface area (Å²) in [5.41, 5.74) is 5.13. The third kappa shape index (κ3) is 5.27. The molecule has 1 amide bonds. The van der Waals surface area contributed by atoms with E-state index in [9.17, 15) is 10.1 Å². The van der Waals surface area contributed by atoms with Crippen molar-refractivity contribution in [3.63, 3.8) is 0 Å². The molecular formula is C26H20BrN3O4. The lowest BCUT2D eigenvalue weighted by atomic mass is 10.1. The van der Waals surface area contributed by atoms with Crippen molar-refractivity contribution in [2.75, 3.05) is 6.61 Å². The molecule has 3 aromatic carbocycles. The molecule has 7 nitrogen and oxygen atoms in total. The van der Waals surface area contributed by atoms with Crippen molar-refractivity contribution in [2.24, 2.45) is 5.10 Å². The standard InChI is InChI=1S/C26H20BrN3O4/c1-2-32-23-12-20(15-29-30-26(31)25-11-17-7-5-6-10-22(17)34-25)21(27)13-24(23)33-16-19-9-4-3-8-18(19)14-28/h3-13,15H,2,16H2,1H3,(H,30,31)/b29-15-. The van der Waals surface area contributed by atoms with Crippen molar-refractivity contribution in [3.8, 4) is 17.6 Å². The molecular weight excluding hydrogens is 498 g/mol. The number of nitrogens with one attached hydrogen (secondary N) is 1. The predicted octanol–water partition coefficient (Wildman–Crippen LogP) is 5.81. The Balaban J connectivity index is 1.48. The molecule has 34 heavy (non-hydrogen) atoms. The summed E-state index contributed by atoms with van der Waals surface area (Å²) in [5, 5.41) is 14.2. The van der Waals surface area contributed by atoms with E-state index in [1.54, 1.807) is 30.3 Å². The Morgan fingerprint density at radius 1 is 1.12 bits per heavy atom. The SMILES string of the molecule is CCOc1cc(/C=N\NC(=O)c2cc3ccccc3o2)c(Br)cc1OCc1ccccc1C#N. The van der Waals surface area contributed by atoms with Gasteiger partial charge in [-0.2, -0.15) is 10.4 Å². The van der Waals surface area contributed by atoms with Crippen LogP contribution in [-0.4, -0.2) is 18.7 Å². The lowest BCUT2D eigenvalue weighted by molar-refractivity contribution is 0.0929. The van der Waals surface area contributed by atoms with Crippen molar-refractivity contribution in [2.45, 2.75) is 13.5 Å². The van der Waals surface area contributed by atoms with E-state index in [1.165, 1.54) is 6.21 Å². The van der Waals surface area contributed by atoms with E-state index in [0.29, 0.717) is 39.3 Å². The Kier molecular flexibility index (Phi) is 7.25. The number of carbonyl (C=O) groups excluding carboxylic acids is 1. The van der Waals surface area contributed by atoms with Crippen LogP contribution in [0.15, 0.2) is 80.7 Å². The quantitative estimate of drug-likeness (QED) is 0.235. The first-order chi connectivity index (χ1) is 16.6. The van der Waals surface area contributed by atoms with Gasteiger partial charge in [0, 0.05) is 21.0 Å². The number of furan rings is 1. The summed E-state index contributed by atoms with van der Waals surface area (Å²) < 4.78 is 17.9. The van der Waals surface area contributed by atoms with Gasteiger partial charge >= 0.3 is 5.91 Å². The van der Waals surface area contributed by atoms with Gasteiger partial charge in [0.25, 0.3) is 0 Å². The number of amides is 1. The number of hydrogen-bond acceptors (Lipinski definition) is 6. The summed E-state index contributed by atoms with van der Waals surface area (Å²) in [6, 6.07) is 22.0. The molecule has 0 saturated carbocycles. The number of fused-ring (bicyclic) bond motifs is 1. The van der Waals surface area contributed by atoms with Crippen LogP contribution in [0.3, 0.4) is 0 Å². The first-order valence-electron chi connectivity index (χ1n) is 10.5. The summed E-state index contributed by atoms with van der Waals surface area (Å²) in [4.78, 5) is 12.4. The van der Waals surface area contributed by atoms with E-state index in [4.69, 9.17) is 13.9 Å². The third-order valence-corrected chi connectivity index (χ3v) is 5.59. The van der Waals surface area contributed by atoms with E-state index in [1.807, 2.05) is 43.3 Å². The van der Waals surface area contributed by atoms with Crippen LogP contribution >= 0.6 is 15.9 Å². The fourth-order valence-electron chi connectivity index (χ4n) is 3.25. The Hall–Kier alpha value is -4.09. The molecule has 0 atom stereocenters. The minimum atomic E-state index is -0.454. The normalized spacial score (nSPS) is 10.9. The first-order valence-corrected chi connectivity index (χ1v) is 11.3. The average Bonchev–Trinajstić information content (AvgIpc) is 3.29. The molecule has 170 valence electrons. The number of nitriles is 1. The van der Waals surface area contributed by atoms with E-state index < -0.39 is 5.91 Å². The van der Waals surface area contributed by atoms with Crippen LogP contribution in [0.5, 0.6) is 11.5 Å². The number of halogens is 1. The van der Waals surface area contributed by atoms with E-state index in [0.717, 1.165) is 10.9 Å². The van der Waals surface area contributed by atoms with Gasteiger partial charge in [0.1, 0.15) is 12.2 Å². The maximum absolute atomic E-state index is 12.4. The van der Waals surface area contributed by atoms with Crippen LogP contribution in [0.25, 0.3) is 11.0 Å². The fraction of sp³-hybridized carbons (Fsp3) is 0.115. The molecule has 1 heterocycles. The van der Waals surface area contributed by atoms with Crippen molar-refractivity contribution < 1.29 is 18.7 Å². The van der Waals surface area contributed by atoms with Crippen LogP contribution < -0.4 is 14.9 Å². The maximum Gasteiger partial charge on any atom is 0.307 e. The van der Waals surface area contributed by atoms with Gasteiger partial charge in [-0.15, -0.1) is 0 Å². The Bertz CT molecular complexity index is 1370. The van der Waals surface area contributed by atoms with Crippen molar-refractivity contribution in [1.82, 2.24) is 5.43 Å². The number of benzene rings is 3. The highest BCUT2D eigenvalue weighted by Gasteiger charge is 2.13. The second-order valence-electron chi connectivity index (χ2n) is 7.16. The molecule has 0 spiro atoms. The molecule has 0 saturated heterocycles. The molecule has 0 bridgehead atoms. The molecule has 0 unspecified atom stereocenters. The highest BCUT2D eigenvalue weighted by molar-refractivity contribution is 9.10. The van der Waals surface area contributed by atoms with Gasteiger partial charge in [0.15, 0.2) is 17.3 Å². The number of hydrogen-bond donors (Lipinski definition) is 1. The van der Waals surface area contributed by atoms with E-state index in [2.05, 4.69) is 32.5 Å². The van der Waals surface area contributed by atoms with E-state index >= 15 is 0 Å². The third-order valence-electron chi connectivity index (χ3n) is 4.90. The molecule has 4 aromatic rings. The largest absolute Gasteiger partial charge is 0.490 e. The van der Waals surface area contributed by atoms with Crippen LogP contribution in [0, 0.1) is 11.3 Å². The molecule has 0 aliphatic rings. The zero-order valence-corrected chi connectivity index (χ0v) is 19.8. The van der Waals surface area contributed by atoms with Gasteiger partial charge in [0.05, 0.1) is 24.5 Å². The molecule has 0 fully saturated rings. The fourth-order valence-corrected chi connectivity index (χ4v) is 3.68. The monoisotopic (exact) mass is 517 g/mol. The molecule has 1 N–H and O–H groups in total. The van der Waals surface area contributed by atoms with Crippen LogP contribution in [0.1, 0.15) is 34.2 Å². The average molecular weight is 518 g/mol. The van der Waals surface area contributed by atoms with E-state index in [-0.39, 0.29) is 12.4 Å². The number of carbonyl (C=O) groups is 1. The Morgan fingerprint density at radius 3 is 2.68 bits per heavy atom. The van der Waals surface area contributed by atoms with Crippen molar-refractivity contribution in [1.29, 1.82) is 5.26 Å². The first kappa shape index (κ1) is 23.1. The zero-order valence-electron chi connectivity index (χ0n) is 18.2. The second-order valence-corrected chi connectivity index (χ2v) is 8.01. The minimum absolute atomic E-state index is 0.175. The smallest absolute Gasteiger partial charge is 0.307 e. The molecule has 8 heteroatoms. The van der Waals surface area contributed by atoms with Gasteiger partial charge in [-0.1, -0.05) is 36.4 Å². The molecule has 0 aliphatic heterocycles. The number of para-hydroxylation sites is 1. The summed E-state index contributed by atoms with van der Waals surface area (Å²) in [6.45, 7) is 2.53. The molecule has 1 aromatic heterocycles. The lowest BCUT2D eigenvalue weighted by Gasteiger charge is -2.14. The lowest BCUT2D eigenvalue weighted by Crippen LogP contribution is -2.16. The molecule has 4 rings (SSSR count). The van der Waals surface area contributed by atoms with Crippen LogP contribution in [-0.2, 0) is 6.61 Å². The van der Waals surface area contributed by atoms with Gasteiger partial charge < -0.3 is 13.9 Å².